The molecule has 7 nitrogen and oxygen atoms in total. The van der Waals surface area contributed by atoms with E-state index in [2.05, 4.69) is 4.98 Å². The SMILES string of the molecule is CC(C)(C)C(=O)N1CCC[C@H](c2cncc(N3CC4(CCCCC4)OC3=O)n2)C1. The van der Waals surface area contributed by atoms with E-state index in [1.165, 1.54) is 6.42 Å². The van der Waals surface area contributed by atoms with E-state index in [9.17, 15) is 9.59 Å². The quantitative estimate of drug-likeness (QED) is 0.753. The van der Waals surface area contributed by atoms with Crippen molar-refractivity contribution in [2.45, 2.75) is 77.2 Å². The Hall–Kier alpha value is -2.18. The Morgan fingerprint density at radius 2 is 1.93 bits per heavy atom. The lowest BCUT2D eigenvalue weighted by Gasteiger charge is -2.36. The predicted molar refractivity (Wildman–Crippen MR) is 110 cm³/mol. The van der Waals surface area contributed by atoms with E-state index < -0.39 is 0 Å². The maximum Gasteiger partial charge on any atom is 0.416 e. The van der Waals surface area contributed by atoms with Crippen LogP contribution in [0.5, 0.6) is 0 Å². The maximum absolute atomic E-state index is 12.7. The third-order valence-corrected chi connectivity index (χ3v) is 6.42. The molecule has 1 spiro atoms. The van der Waals surface area contributed by atoms with Crippen molar-refractivity contribution in [3.05, 3.63) is 18.1 Å². The van der Waals surface area contributed by atoms with Crippen molar-refractivity contribution < 1.29 is 14.3 Å². The van der Waals surface area contributed by atoms with Crippen LogP contribution in [0.3, 0.4) is 0 Å². The monoisotopic (exact) mass is 400 g/mol. The van der Waals surface area contributed by atoms with Gasteiger partial charge in [-0.3, -0.25) is 14.7 Å². The van der Waals surface area contributed by atoms with Gasteiger partial charge in [-0.1, -0.05) is 27.2 Å². The highest BCUT2D eigenvalue weighted by atomic mass is 16.6. The van der Waals surface area contributed by atoms with Crippen LogP contribution in [-0.2, 0) is 9.53 Å². The highest BCUT2D eigenvalue weighted by Crippen LogP contribution is 2.38. The van der Waals surface area contributed by atoms with Crippen LogP contribution in [0.4, 0.5) is 10.6 Å². The molecule has 2 saturated heterocycles. The van der Waals surface area contributed by atoms with Crippen LogP contribution in [0.15, 0.2) is 12.4 Å². The molecule has 3 heterocycles. The molecule has 29 heavy (non-hydrogen) atoms. The van der Waals surface area contributed by atoms with Gasteiger partial charge in [-0.2, -0.15) is 0 Å². The van der Waals surface area contributed by atoms with Gasteiger partial charge in [0.25, 0.3) is 0 Å². The molecule has 1 aliphatic carbocycles. The lowest BCUT2D eigenvalue weighted by Crippen LogP contribution is -2.44. The minimum absolute atomic E-state index is 0.143. The van der Waals surface area contributed by atoms with Gasteiger partial charge >= 0.3 is 6.09 Å². The van der Waals surface area contributed by atoms with Gasteiger partial charge in [-0.05, 0) is 38.5 Å². The second-order valence-electron chi connectivity index (χ2n) is 9.84. The first-order valence-corrected chi connectivity index (χ1v) is 10.9. The summed E-state index contributed by atoms with van der Waals surface area (Å²) in [5.41, 5.74) is 0.114. The zero-order valence-corrected chi connectivity index (χ0v) is 17.8. The average Bonchev–Trinajstić information content (AvgIpc) is 3.03. The molecule has 0 radical (unpaired) electrons. The molecule has 2 amide bonds. The van der Waals surface area contributed by atoms with Crippen molar-refractivity contribution in [2.24, 2.45) is 5.41 Å². The smallest absolute Gasteiger partial charge is 0.416 e. The molecule has 0 bridgehead atoms. The summed E-state index contributed by atoms with van der Waals surface area (Å²) < 4.78 is 5.79. The molecule has 0 unspecified atom stereocenters. The Labute approximate surface area is 172 Å². The van der Waals surface area contributed by atoms with E-state index in [-0.39, 0.29) is 28.9 Å². The first kappa shape index (κ1) is 20.1. The number of aromatic nitrogens is 2. The summed E-state index contributed by atoms with van der Waals surface area (Å²) >= 11 is 0. The number of anilines is 1. The van der Waals surface area contributed by atoms with Crippen LogP contribution in [0.1, 0.15) is 77.3 Å². The molecule has 1 saturated carbocycles. The van der Waals surface area contributed by atoms with Crippen molar-refractivity contribution >= 4 is 17.8 Å². The molecule has 4 rings (SSSR count). The first-order chi connectivity index (χ1) is 13.8. The van der Waals surface area contributed by atoms with Gasteiger partial charge in [0.15, 0.2) is 5.82 Å². The van der Waals surface area contributed by atoms with E-state index in [1.807, 2.05) is 25.7 Å². The fraction of sp³-hybridized carbons (Fsp3) is 0.727. The van der Waals surface area contributed by atoms with Crippen molar-refractivity contribution in [3.8, 4) is 0 Å². The molecule has 1 atom stereocenters. The number of piperidine rings is 1. The second kappa shape index (κ2) is 7.58. The molecule has 1 aromatic heterocycles. The molecule has 158 valence electrons. The Kier molecular flexibility index (Phi) is 5.25. The summed E-state index contributed by atoms with van der Waals surface area (Å²) in [6.45, 7) is 7.88. The molecule has 3 aliphatic rings. The van der Waals surface area contributed by atoms with Crippen LogP contribution in [0, 0.1) is 5.41 Å². The Morgan fingerprint density at radius 3 is 2.66 bits per heavy atom. The van der Waals surface area contributed by atoms with Crippen molar-refractivity contribution in [2.75, 3.05) is 24.5 Å². The van der Waals surface area contributed by atoms with Crippen LogP contribution < -0.4 is 4.90 Å². The first-order valence-electron chi connectivity index (χ1n) is 10.9. The summed E-state index contributed by atoms with van der Waals surface area (Å²) in [4.78, 5) is 38.0. The molecule has 3 fully saturated rings. The molecular weight excluding hydrogens is 368 g/mol. The fourth-order valence-corrected chi connectivity index (χ4v) is 4.83. The number of amides is 2. The summed E-state index contributed by atoms with van der Waals surface area (Å²) in [5, 5.41) is 0. The molecule has 1 aromatic rings. The lowest BCUT2D eigenvalue weighted by molar-refractivity contribution is -0.140. The zero-order chi connectivity index (χ0) is 20.6. The number of hydrogen-bond acceptors (Lipinski definition) is 5. The van der Waals surface area contributed by atoms with Gasteiger partial charge in [0.2, 0.25) is 5.91 Å². The minimum atomic E-state index is -0.386. The molecule has 0 N–H and O–H groups in total. The molecule has 0 aromatic carbocycles. The average molecular weight is 401 g/mol. The Bertz CT molecular complexity index is 783. The number of carbonyl (C=O) groups is 2. The topological polar surface area (TPSA) is 75.6 Å². The molecule has 2 aliphatic heterocycles. The van der Waals surface area contributed by atoms with Crippen molar-refractivity contribution in [1.82, 2.24) is 14.9 Å². The number of rotatable bonds is 2. The van der Waals surface area contributed by atoms with Gasteiger partial charge < -0.3 is 9.64 Å². The largest absolute Gasteiger partial charge is 0.441 e. The van der Waals surface area contributed by atoms with Gasteiger partial charge in [0.1, 0.15) is 5.60 Å². The Morgan fingerprint density at radius 1 is 1.17 bits per heavy atom. The minimum Gasteiger partial charge on any atom is -0.441 e. The maximum atomic E-state index is 12.7. The number of likely N-dealkylation sites (tertiary alicyclic amines) is 1. The van der Waals surface area contributed by atoms with Crippen molar-refractivity contribution in [1.29, 1.82) is 0 Å². The van der Waals surface area contributed by atoms with Crippen LogP contribution in [0.2, 0.25) is 0 Å². The Balaban J connectivity index is 1.50. The van der Waals surface area contributed by atoms with Gasteiger partial charge in [0.05, 0.1) is 18.4 Å². The highest BCUT2D eigenvalue weighted by Gasteiger charge is 2.46. The second-order valence-corrected chi connectivity index (χ2v) is 9.84. The molecular formula is C22H32N4O3. The summed E-state index contributed by atoms with van der Waals surface area (Å²) in [7, 11) is 0. The number of hydrogen-bond donors (Lipinski definition) is 0. The van der Waals surface area contributed by atoms with Crippen molar-refractivity contribution in [3.63, 3.8) is 0 Å². The number of nitrogens with zero attached hydrogens (tertiary/aromatic N) is 4. The summed E-state index contributed by atoms with van der Waals surface area (Å²) in [6, 6.07) is 0. The van der Waals surface area contributed by atoms with Crippen LogP contribution >= 0.6 is 0 Å². The summed E-state index contributed by atoms with van der Waals surface area (Å²) in [5.74, 6) is 0.882. The van der Waals surface area contributed by atoms with Gasteiger partial charge in [-0.25, -0.2) is 9.78 Å². The number of carbonyl (C=O) groups excluding carboxylic acids is 2. The van der Waals surface area contributed by atoms with E-state index >= 15 is 0 Å². The number of ether oxygens (including phenoxy) is 1. The van der Waals surface area contributed by atoms with Crippen LogP contribution in [-0.4, -0.2) is 52.1 Å². The lowest BCUT2D eigenvalue weighted by atomic mass is 9.85. The van der Waals surface area contributed by atoms with Gasteiger partial charge in [0, 0.05) is 30.6 Å². The normalized spacial score (nSPS) is 24.7. The van der Waals surface area contributed by atoms with E-state index in [4.69, 9.17) is 9.72 Å². The summed E-state index contributed by atoms with van der Waals surface area (Å²) in [6.07, 6.45) is 10.3. The third kappa shape index (κ3) is 4.09. The van der Waals surface area contributed by atoms with E-state index in [0.29, 0.717) is 18.9 Å². The van der Waals surface area contributed by atoms with Gasteiger partial charge in [-0.15, -0.1) is 0 Å². The van der Waals surface area contributed by atoms with E-state index in [0.717, 1.165) is 50.8 Å². The fourth-order valence-electron chi connectivity index (χ4n) is 4.83. The zero-order valence-electron chi connectivity index (χ0n) is 17.8. The third-order valence-electron chi connectivity index (χ3n) is 6.42. The predicted octanol–water partition coefficient (Wildman–Crippen LogP) is 3.89. The van der Waals surface area contributed by atoms with Crippen LogP contribution in [0.25, 0.3) is 0 Å². The van der Waals surface area contributed by atoms with E-state index in [1.54, 1.807) is 17.3 Å². The molecule has 7 heteroatoms. The highest BCUT2D eigenvalue weighted by molar-refractivity contribution is 5.89. The standard InChI is InChI=1S/C22H32N4O3/c1-21(2,3)19(27)25-11-7-8-16(14-25)17-12-23-13-18(24-17)26-15-22(29-20(26)28)9-5-4-6-10-22/h12-13,16H,4-11,14-15H2,1-3H3/t16-/m0/s1.